The van der Waals surface area contributed by atoms with Crippen LogP contribution >= 0.6 is 0 Å². The predicted molar refractivity (Wildman–Crippen MR) is 83.0 cm³/mol. The maximum Gasteiger partial charge on any atom is 0.223 e. The first kappa shape index (κ1) is 14.6. The lowest BCUT2D eigenvalue weighted by Crippen LogP contribution is -2.39. The number of hydrogen-bond acceptors (Lipinski definition) is 2. The molecule has 3 heteroatoms. The third-order valence-electron chi connectivity index (χ3n) is 4.85. The minimum absolute atomic E-state index is 0.173. The first-order valence-electron chi connectivity index (χ1n) is 8.23. The minimum Gasteiger partial charge on any atom is -0.381 e. The van der Waals surface area contributed by atoms with Crippen LogP contribution in [0.25, 0.3) is 0 Å². The molecule has 21 heavy (non-hydrogen) atoms. The van der Waals surface area contributed by atoms with Gasteiger partial charge in [0, 0.05) is 25.2 Å². The van der Waals surface area contributed by atoms with Crippen LogP contribution in [0.5, 0.6) is 0 Å². The molecule has 3 nitrogen and oxygen atoms in total. The van der Waals surface area contributed by atoms with E-state index in [4.69, 9.17) is 4.74 Å². The summed E-state index contributed by atoms with van der Waals surface area (Å²) in [5, 5.41) is 3.27. The third kappa shape index (κ3) is 4.07. The van der Waals surface area contributed by atoms with Gasteiger partial charge in [0.25, 0.3) is 0 Å². The molecule has 2 aliphatic rings. The second-order valence-electron chi connectivity index (χ2n) is 6.46. The van der Waals surface area contributed by atoms with Crippen molar-refractivity contribution in [2.24, 2.45) is 11.8 Å². The standard InChI is InChI=1S/C18H25NO2/c20-18(16-8-10-21-11-9-16)19-17-7-6-15(13-17)12-14-4-2-1-3-5-14/h1-5,15-17H,6-13H2,(H,19,20)/t15-,17-/m0/s1. The van der Waals surface area contributed by atoms with Crippen LogP contribution in [0.15, 0.2) is 30.3 Å². The lowest BCUT2D eigenvalue weighted by Gasteiger charge is -2.23. The largest absolute Gasteiger partial charge is 0.381 e. The van der Waals surface area contributed by atoms with Gasteiger partial charge in [0.2, 0.25) is 5.91 Å². The van der Waals surface area contributed by atoms with Gasteiger partial charge >= 0.3 is 0 Å². The van der Waals surface area contributed by atoms with E-state index in [0.29, 0.717) is 12.0 Å². The number of rotatable bonds is 4. The maximum atomic E-state index is 12.3. The maximum absolute atomic E-state index is 12.3. The molecule has 0 bridgehead atoms. The van der Waals surface area contributed by atoms with E-state index in [1.54, 1.807) is 0 Å². The van der Waals surface area contributed by atoms with E-state index in [1.165, 1.54) is 12.0 Å². The predicted octanol–water partition coefficient (Wildman–Crippen LogP) is 2.94. The van der Waals surface area contributed by atoms with Gasteiger partial charge in [-0.3, -0.25) is 4.79 Å². The van der Waals surface area contributed by atoms with Crippen molar-refractivity contribution in [2.45, 2.75) is 44.6 Å². The van der Waals surface area contributed by atoms with Crippen molar-refractivity contribution in [3.8, 4) is 0 Å². The molecule has 2 atom stereocenters. The van der Waals surface area contributed by atoms with Crippen molar-refractivity contribution in [1.29, 1.82) is 0 Å². The van der Waals surface area contributed by atoms with E-state index in [-0.39, 0.29) is 11.8 Å². The van der Waals surface area contributed by atoms with Crippen LogP contribution in [0.2, 0.25) is 0 Å². The monoisotopic (exact) mass is 287 g/mol. The summed E-state index contributed by atoms with van der Waals surface area (Å²) in [5.74, 6) is 1.14. The Hall–Kier alpha value is -1.35. The van der Waals surface area contributed by atoms with Crippen LogP contribution in [-0.4, -0.2) is 25.2 Å². The van der Waals surface area contributed by atoms with E-state index in [2.05, 4.69) is 35.6 Å². The summed E-state index contributed by atoms with van der Waals surface area (Å²) in [5.41, 5.74) is 1.42. The van der Waals surface area contributed by atoms with Gasteiger partial charge in [-0.1, -0.05) is 30.3 Å². The molecule has 0 aromatic heterocycles. The summed E-state index contributed by atoms with van der Waals surface area (Å²) >= 11 is 0. The highest BCUT2D eigenvalue weighted by Gasteiger charge is 2.29. The highest BCUT2D eigenvalue weighted by molar-refractivity contribution is 5.79. The Balaban J connectivity index is 1.45. The van der Waals surface area contributed by atoms with Crippen molar-refractivity contribution in [2.75, 3.05) is 13.2 Å². The second-order valence-corrected chi connectivity index (χ2v) is 6.46. The van der Waals surface area contributed by atoms with Crippen molar-refractivity contribution < 1.29 is 9.53 Å². The summed E-state index contributed by atoms with van der Waals surface area (Å²) in [6, 6.07) is 11.1. The lowest BCUT2D eigenvalue weighted by atomic mass is 9.97. The molecule has 0 radical (unpaired) electrons. The Morgan fingerprint density at radius 3 is 2.62 bits per heavy atom. The summed E-state index contributed by atoms with van der Waals surface area (Å²) in [7, 11) is 0. The van der Waals surface area contributed by atoms with Crippen molar-refractivity contribution in [3.05, 3.63) is 35.9 Å². The number of carbonyl (C=O) groups excluding carboxylic acids is 1. The average Bonchev–Trinajstić information content (AvgIpc) is 2.96. The van der Waals surface area contributed by atoms with E-state index in [0.717, 1.165) is 45.3 Å². The van der Waals surface area contributed by atoms with Gasteiger partial charge in [-0.2, -0.15) is 0 Å². The van der Waals surface area contributed by atoms with Crippen LogP contribution in [0.3, 0.4) is 0 Å². The van der Waals surface area contributed by atoms with E-state index < -0.39 is 0 Å². The van der Waals surface area contributed by atoms with Crippen LogP contribution in [0.1, 0.15) is 37.7 Å². The SMILES string of the molecule is O=C(N[C@H]1CC[C@@H](Cc2ccccc2)C1)C1CCOCC1. The average molecular weight is 287 g/mol. The van der Waals surface area contributed by atoms with Crippen molar-refractivity contribution >= 4 is 5.91 Å². The van der Waals surface area contributed by atoms with Gasteiger partial charge in [-0.25, -0.2) is 0 Å². The number of hydrogen-bond donors (Lipinski definition) is 1. The van der Waals surface area contributed by atoms with E-state index in [1.807, 2.05) is 0 Å². The molecule has 1 aromatic rings. The van der Waals surface area contributed by atoms with Gasteiger partial charge in [0.15, 0.2) is 0 Å². The van der Waals surface area contributed by atoms with Crippen molar-refractivity contribution in [1.82, 2.24) is 5.32 Å². The molecule has 1 saturated heterocycles. The van der Waals surface area contributed by atoms with Crippen LogP contribution in [0.4, 0.5) is 0 Å². The molecule has 1 amide bonds. The van der Waals surface area contributed by atoms with Gasteiger partial charge in [-0.15, -0.1) is 0 Å². The summed E-state index contributed by atoms with van der Waals surface area (Å²) < 4.78 is 5.32. The minimum atomic E-state index is 0.173. The zero-order valence-electron chi connectivity index (χ0n) is 12.6. The highest BCUT2D eigenvalue weighted by atomic mass is 16.5. The van der Waals surface area contributed by atoms with Gasteiger partial charge < -0.3 is 10.1 Å². The molecule has 1 saturated carbocycles. The third-order valence-corrected chi connectivity index (χ3v) is 4.85. The molecule has 1 aliphatic heterocycles. The molecular weight excluding hydrogens is 262 g/mol. The molecule has 3 rings (SSSR count). The highest BCUT2D eigenvalue weighted by Crippen LogP contribution is 2.29. The zero-order chi connectivity index (χ0) is 14.5. The fourth-order valence-corrected chi connectivity index (χ4v) is 3.62. The number of benzene rings is 1. The van der Waals surface area contributed by atoms with Crippen LogP contribution in [-0.2, 0) is 16.0 Å². The second kappa shape index (κ2) is 7.08. The first-order chi connectivity index (χ1) is 10.3. The van der Waals surface area contributed by atoms with E-state index >= 15 is 0 Å². The normalized spacial score (nSPS) is 26.7. The lowest BCUT2D eigenvalue weighted by molar-refractivity contribution is -0.128. The number of ether oxygens (including phenoxy) is 1. The molecule has 0 unspecified atom stereocenters. The Labute approximate surface area is 127 Å². The molecule has 1 aliphatic carbocycles. The Morgan fingerprint density at radius 1 is 1.10 bits per heavy atom. The summed E-state index contributed by atoms with van der Waals surface area (Å²) in [6.45, 7) is 1.47. The zero-order valence-corrected chi connectivity index (χ0v) is 12.6. The van der Waals surface area contributed by atoms with Crippen LogP contribution in [0, 0.1) is 11.8 Å². The summed E-state index contributed by atoms with van der Waals surface area (Å²) in [4.78, 5) is 12.3. The Kier molecular flexibility index (Phi) is 4.91. The van der Waals surface area contributed by atoms with Gasteiger partial charge in [0.05, 0.1) is 0 Å². The summed E-state index contributed by atoms with van der Waals surface area (Å²) in [6.07, 6.45) is 6.40. The van der Waals surface area contributed by atoms with Crippen LogP contribution < -0.4 is 5.32 Å². The van der Waals surface area contributed by atoms with E-state index in [9.17, 15) is 4.79 Å². The fourth-order valence-electron chi connectivity index (χ4n) is 3.62. The molecule has 1 heterocycles. The van der Waals surface area contributed by atoms with Gasteiger partial charge in [-0.05, 0) is 50.0 Å². The van der Waals surface area contributed by atoms with Crippen molar-refractivity contribution in [3.63, 3.8) is 0 Å². The molecular formula is C18H25NO2. The fraction of sp³-hybridized carbons (Fsp3) is 0.611. The molecule has 0 spiro atoms. The smallest absolute Gasteiger partial charge is 0.223 e. The molecule has 114 valence electrons. The number of amides is 1. The Bertz CT molecular complexity index is 454. The number of nitrogens with one attached hydrogen (secondary N) is 1. The first-order valence-corrected chi connectivity index (χ1v) is 8.23. The molecule has 2 fully saturated rings. The molecule has 1 N–H and O–H groups in total. The molecule has 1 aromatic carbocycles. The number of carbonyl (C=O) groups is 1. The Morgan fingerprint density at radius 2 is 1.86 bits per heavy atom. The van der Waals surface area contributed by atoms with Gasteiger partial charge in [0.1, 0.15) is 0 Å². The topological polar surface area (TPSA) is 38.3 Å². The quantitative estimate of drug-likeness (QED) is 0.924.